The second kappa shape index (κ2) is 7.21. The molecule has 0 aliphatic heterocycles. The Balaban J connectivity index is 1.91. The summed E-state index contributed by atoms with van der Waals surface area (Å²) in [5.41, 5.74) is -2.56. The summed E-state index contributed by atoms with van der Waals surface area (Å²) >= 11 is 6.11. The standard InChI is InChI=1S/C17H8ClF3N4O3/c18-12-5-11(25-8-9(6-22)15(26)24-16(25)27)2-3-13(12)28-14-4-1-10(7-23-14)17(19,20)21/h1-5,7-8H,(H,24,26,27). The Labute approximate surface area is 159 Å². The van der Waals surface area contributed by atoms with Crippen LogP contribution < -0.4 is 16.0 Å². The summed E-state index contributed by atoms with van der Waals surface area (Å²) in [5.74, 6) is -0.0359. The third-order valence-corrected chi connectivity index (χ3v) is 3.83. The largest absolute Gasteiger partial charge is 0.437 e. The highest BCUT2D eigenvalue weighted by molar-refractivity contribution is 6.32. The van der Waals surface area contributed by atoms with Gasteiger partial charge >= 0.3 is 11.9 Å². The highest BCUT2D eigenvalue weighted by Crippen LogP contribution is 2.32. The number of benzene rings is 1. The maximum absolute atomic E-state index is 12.6. The van der Waals surface area contributed by atoms with Gasteiger partial charge in [-0.25, -0.2) is 9.78 Å². The molecule has 2 aromatic heterocycles. The predicted octanol–water partition coefficient (Wildman–Crippen LogP) is 3.26. The summed E-state index contributed by atoms with van der Waals surface area (Å²) in [5, 5.41) is 8.93. The van der Waals surface area contributed by atoms with E-state index in [9.17, 15) is 22.8 Å². The number of aromatic nitrogens is 3. The van der Waals surface area contributed by atoms with Crippen LogP contribution in [0.15, 0.2) is 52.3 Å². The highest BCUT2D eigenvalue weighted by atomic mass is 35.5. The predicted molar refractivity (Wildman–Crippen MR) is 91.7 cm³/mol. The van der Waals surface area contributed by atoms with Crippen LogP contribution in [0.2, 0.25) is 5.02 Å². The van der Waals surface area contributed by atoms with E-state index in [2.05, 4.69) is 4.98 Å². The molecule has 0 radical (unpaired) electrons. The van der Waals surface area contributed by atoms with E-state index in [1.807, 2.05) is 4.98 Å². The summed E-state index contributed by atoms with van der Waals surface area (Å²) in [4.78, 5) is 29.0. The molecule has 0 bridgehead atoms. The number of halogens is 4. The average molecular weight is 409 g/mol. The lowest BCUT2D eigenvalue weighted by molar-refractivity contribution is -0.137. The second-order valence-electron chi connectivity index (χ2n) is 5.38. The van der Waals surface area contributed by atoms with Gasteiger partial charge in [-0.3, -0.25) is 14.3 Å². The van der Waals surface area contributed by atoms with Crippen molar-refractivity contribution in [1.82, 2.24) is 14.5 Å². The molecule has 28 heavy (non-hydrogen) atoms. The first kappa shape index (κ1) is 19.2. The Kier molecular flexibility index (Phi) is 4.94. The van der Waals surface area contributed by atoms with Crippen molar-refractivity contribution in [3.05, 3.63) is 79.7 Å². The lowest BCUT2D eigenvalue weighted by Crippen LogP contribution is -2.30. The summed E-state index contributed by atoms with van der Waals surface area (Å²) in [6, 6.07) is 7.60. The van der Waals surface area contributed by atoms with Gasteiger partial charge in [-0.15, -0.1) is 0 Å². The quantitative estimate of drug-likeness (QED) is 0.717. The Morgan fingerprint density at radius 2 is 1.96 bits per heavy atom. The number of rotatable bonds is 3. The molecule has 142 valence electrons. The van der Waals surface area contributed by atoms with E-state index in [0.29, 0.717) is 6.20 Å². The molecule has 0 aliphatic rings. The van der Waals surface area contributed by atoms with Gasteiger partial charge in [0.25, 0.3) is 5.56 Å². The zero-order valence-corrected chi connectivity index (χ0v) is 14.4. The van der Waals surface area contributed by atoms with Crippen LogP contribution >= 0.6 is 11.6 Å². The van der Waals surface area contributed by atoms with Gasteiger partial charge in [0.15, 0.2) is 0 Å². The molecule has 0 saturated heterocycles. The Morgan fingerprint density at radius 3 is 2.54 bits per heavy atom. The SMILES string of the molecule is N#Cc1cn(-c2ccc(Oc3ccc(C(F)(F)F)cn3)c(Cl)c2)c(=O)[nH]c1=O. The van der Waals surface area contributed by atoms with E-state index >= 15 is 0 Å². The molecule has 0 aliphatic carbocycles. The first-order valence-corrected chi connectivity index (χ1v) is 7.84. The minimum absolute atomic E-state index is 0.0239. The van der Waals surface area contributed by atoms with Crippen LogP contribution in [0.4, 0.5) is 13.2 Å². The Morgan fingerprint density at radius 1 is 1.21 bits per heavy atom. The van der Waals surface area contributed by atoms with Crippen molar-refractivity contribution >= 4 is 11.6 Å². The van der Waals surface area contributed by atoms with Crippen LogP contribution in [-0.2, 0) is 6.18 Å². The summed E-state index contributed by atoms with van der Waals surface area (Å²) < 4.78 is 44.0. The number of alkyl halides is 3. The van der Waals surface area contributed by atoms with Crippen molar-refractivity contribution in [1.29, 1.82) is 5.26 Å². The maximum atomic E-state index is 12.6. The molecule has 3 rings (SSSR count). The van der Waals surface area contributed by atoms with Crippen LogP contribution in [0.1, 0.15) is 11.1 Å². The van der Waals surface area contributed by atoms with Gasteiger partial charge in [-0.1, -0.05) is 11.6 Å². The van der Waals surface area contributed by atoms with E-state index in [4.69, 9.17) is 21.6 Å². The van der Waals surface area contributed by atoms with Crippen LogP contribution in [0, 0.1) is 11.3 Å². The van der Waals surface area contributed by atoms with E-state index < -0.39 is 23.0 Å². The summed E-state index contributed by atoms with van der Waals surface area (Å²) in [6.07, 6.45) is -2.83. The average Bonchev–Trinajstić information content (AvgIpc) is 2.63. The minimum Gasteiger partial charge on any atom is -0.437 e. The molecule has 0 unspecified atom stereocenters. The molecular formula is C17H8ClF3N4O3. The molecule has 0 amide bonds. The Hall–Kier alpha value is -3.58. The van der Waals surface area contributed by atoms with Crippen molar-refractivity contribution in [3.8, 4) is 23.4 Å². The van der Waals surface area contributed by atoms with E-state index in [-0.39, 0.29) is 27.9 Å². The van der Waals surface area contributed by atoms with Crippen LogP contribution in [0.5, 0.6) is 11.6 Å². The number of pyridine rings is 1. The van der Waals surface area contributed by atoms with Gasteiger partial charge in [0.1, 0.15) is 17.4 Å². The van der Waals surface area contributed by atoms with E-state index in [1.165, 1.54) is 18.2 Å². The molecule has 0 fully saturated rings. The fourth-order valence-electron chi connectivity index (χ4n) is 2.19. The van der Waals surface area contributed by atoms with Crippen LogP contribution in [0.3, 0.4) is 0 Å². The lowest BCUT2D eigenvalue weighted by Gasteiger charge is -2.11. The molecule has 11 heteroatoms. The zero-order valence-electron chi connectivity index (χ0n) is 13.6. The lowest BCUT2D eigenvalue weighted by atomic mass is 10.2. The van der Waals surface area contributed by atoms with Crippen molar-refractivity contribution in [2.45, 2.75) is 6.18 Å². The maximum Gasteiger partial charge on any atom is 0.417 e. The second-order valence-corrected chi connectivity index (χ2v) is 5.79. The number of nitrogens with zero attached hydrogens (tertiary/aromatic N) is 3. The number of ether oxygens (including phenoxy) is 1. The van der Waals surface area contributed by atoms with Crippen molar-refractivity contribution in [2.24, 2.45) is 0 Å². The molecule has 0 saturated carbocycles. The molecular weight excluding hydrogens is 401 g/mol. The Bertz CT molecular complexity index is 1190. The third-order valence-electron chi connectivity index (χ3n) is 3.53. The van der Waals surface area contributed by atoms with Crippen molar-refractivity contribution in [2.75, 3.05) is 0 Å². The first-order chi connectivity index (χ1) is 13.2. The summed E-state index contributed by atoms with van der Waals surface area (Å²) in [7, 11) is 0. The number of nitriles is 1. The highest BCUT2D eigenvalue weighted by Gasteiger charge is 2.30. The monoisotopic (exact) mass is 408 g/mol. The fraction of sp³-hybridized carbons (Fsp3) is 0.0588. The fourth-order valence-corrected chi connectivity index (χ4v) is 2.40. The number of H-pyrrole nitrogens is 1. The first-order valence-electron chi connectivity index (χ1n) is 7.46. The van der Waals surface area contributed by atoms with Gasteiger partial charge in [-0.2, -0.15) is 18.4 Å². The van der Waals surface area contributed by atoms with Crippen molar-refractivity contribution in [3.63, 3.8) is 0 Å². The van der Waals surface area contributed by atoms with Gasteiger partial charge in [0.2, 0.25) is 5.88 Å². The molecule has 0 spiro atoms. The molecule has 0 atom stereocenters. The molecule has 7 nitrogen and oxygen atoms in total. The number of hydrogen-bond donors (Lipinski definition) is 1. The van der Waals surface area contributed by atoms with Gasteiger partial charge in [0, 0.05) is 18.5 Å². The molecule has 1 N–H and O–H groups in total. The number of nitrogens with one attached hydrogen (secondary N) is 1. The number of hydrogen-bond acceptors (Lipinski definition) is 5. The third kappa shape index (κ3) is 3.89. The zero-order chi connectivity index (χ0) is 20.5. The van der Waals surface area contributed by atoms with Crippen LogP contribution in [0.25, 0.3) is 5.69 Å². The normalized spacial score (nSPS) is 11.1. The van der Waals surface area contributed by atoms with Crippen molar-refractivity contribution < 1.29 is 17.9 Å². The van der Waals surface area contributed by atoms with E-state index in [0.717, 1.165) is 22.9 Å². The molecule has 1 aromatic carbocycles. The van der Waals surface area contributed by atoms with Gasteiger partial charge in [-0.05, 0) is 24.3 Å². The minimum atomic E-state index is -4.52. The smallest absolute Gasteiger partial charge is 0.417 e. The molecule has 2 heterocycles. The summed E-state index contributed by atoms with van der Waals surface area (Å²) in [6.45, 7) is 0. The van der Waals surface area contributed by atoms with Gasteiger partial charge < -0.3 is 4.74 Å². The van der Waals surface area contributed by atoms with E-state index in [1.54, 1.807) is 6.07 Å². The molecule has 3 aromatic rings. The number of aromatic amines is 1. The van der Waals surface area contributed by atoms with Crippen LogP contribution in [-0.4, -0.2) is 14.5 Å². The topological polar surface area (TPSA) is 101 Å². The van der Waals surface area contributed by atoms with Gasteiger partial charge in [0.05, 0.1) is 16.3 Å².